The van der Waals surface area contributed by atoms with Crippen LogP contribution in [0.25, 0.3) is 0 Å². The average molecular weight is 123 g/mol. The highest BCUT2D eigenvalue weighted by Crippen LogP contribution is 2.13. The molecule has 1 aromatic rings. The molecule has 1 aromatic heterocycles. The first-order chi connectivity index (χ1) is 4.45. The van der Waals surface area contributed by atoms with E-state index in [-0.39, 0.29) is 0 Å². The highest BCUT2D eigenvalue weighted by molar-refractivity contribution is 5.05. The number of aromatic amines is 1. The van der Waals surface area contributed by atoms with Gasteiger partial charge in [-0.2, -0.15) is 0 Å². The van der Waals surface area contributed by atoms with Crippen LogP contribution in [0.4, 0.5) is 0 Å². The molecule has 2 heteroatoms. The Kier molecular flexibility index (Phi) is 1.06. The number of epoxide rings is 1. The fraction of sp³-hybridized carbons (Fsp3) is 0.429. The molecule has 1 atom stereocenters. The second-order valence-electron chi connectivity index (χ2n) is 2.35. The Morgan fingerprint density at radius 3 is 3.22 bits per heavy atom. The molecule has 0 amide bonds. The molecule has 2 heterocycles. The third-order valence-corrected chi connectivity index (χ3v) is 1.51. The lowest BCUT2D eigenvalue weighted by molar-refractivity contribution is 0.406. The first kappa shape index (κ1) is 5.06. The second-order valence-corrected chi connectivity index (χ2v) is 2.35. The molecule has 9 heavy (non-hydrogen) atoms. The molecule has 0 spiro atoms. The minimum absolute atomic E-state index is 0.503. The van der Waals surface area contributed by atoms with Crippen LogP contribution < -0.4 is 0 Å². The van der Waals surface area contributed by atoms with E-state index in [9.17, 15) is 0 Å². The largest absolute Gasteiger partial charge is 0.373 e. The number of hydrogen-bond donors (Lipinski definition) is 1. The van der Waals surface area contributed by atoms with Gasteiger partial charge in [-0.25, -0.2) is 0 Å². The van der Waals surface area contributed by atoms with Crippen molar-refractivity contribution >= 4 is 0 Å². The van der Waals surface area contributed by atoms with Crippen molar-refractivity contribution in [1.82, 2.24) is 4.98 Å². The van der Waals surface area contributed by atoms with E-state index in [0.717, 1.165) is 13.0 Å². The normalized spacial score (nSPS) is 24.2. The Balaban J connectivity index is 1.99. The van der Waals surface area contributed by atoms with E-state index in [1.54, 1.807) is 0 Å². The van der Waals surface area contributed by atoms with E-state index in [1.165, 1.54) is 5.69 Å². The van der Waals surface area contributed by atoms with Gasteiger partial charge in [-0.15, -0.1) is 0 Å². The molecule has 1 saturated heterocycles. The monoisotopic (exact) mass is 123 g/mol. The summed E-state index contributed by atoms with van der Waals surface area (Å²) in [5.41, 5.74) is 1.28. The maximum absolute atomic E-state index is 5.06. The predicted octanol–water partition coefficient (Wildman–Crippen LogP) is 0.956. The molecule has 0 aliphatic carbocycles. The van der Waals surface area contributed by atoms with E-state index in [1.807, 2.05) is 12.3 Å². The molecular formula is C7H9NO. The molecule has 0 bridgehead atoms. The summed E-state index contributed by atoms with van der Waals surface area (Å²) in [6, 6.07) is 4.10. The van der Waals surface area contributed by atoms with Gasteiger partial charge >= 0.3 is 0 Å². The quantitative estimate of drug-likeness (QED) is 0.583. The molecule has 2 nitrogen and oxygen atoms in total. The highest BCUT2D eigenvalue weighted by Gasteiger charge is 2.22. The third kappa shape index (κ3) is 1.13. The fourth-order valence-electron chi connectivity index (χ4n) is 0.926. The van der Waals surface area contributed by atoms with Crippen LogP contribution >= 0.6 is 0 Å². The zero-order chi connectivity index (χ0) is 6.10. The third-order valence-electron chi connectivity index (χ3n) is 1.51. The van der Waals surface area contributed by atoms with Crippen LogP contribution in [-0.2, 0) is 11.2 Å². The van der Waals surface area contributed by atoms with Crippen molar-refractivity contribution < 1.29 is 4.74 Å². The van der Waals surface area contributed by atoms with Crippen LogP contribution in [0, 0.1) is 0 Å². The molecule has 1 unspecified atom stereocenters. The number of H-pyrrole nitrogens is 1. The maximum atomic E-state index is 5.06. The molecule has 0 radical (unpaired) electrons. The van der Waals surface area contributed by atoms with Crippen LogP contribution in [-0.4, -0.2) is 17.7 Å². The summed E-state index contributed by atoms with van der Waals surface area (Å²) in [4.78, 5) is 3.13. The van der Waals surface area contributed by atoms with Crippen LogP contribution in [0.5, 0.6) is 0 Å². The SMILES string of the molecule is c1c[nH]c(CC2CO2)c1. The minimum Gasteiger partial charge on any atom is -0.373 e. The molecule has 1 aliphatic rings. The summed E-state index contributed by atoms with van der Waals surface area (Å²) in [5, 5.41) is 0. The zero-order valence-corrected chi connectivity index (χ0v) is 5.13. The standard InChI is InChI=1S/C7H9NO/c1-2-6(8-3-1)4-7-5-9-7/h1-3,7-8H,4-5H2. The Bertz CT molecular complexity index is 177. The number of ether oxygens (including phenoxy) is 1. The van der Waals surface area contributed by atoms with Crippen LogP contribution in [0.2, 0.25) is 0 Å². The maximum Gasteiger partial charge on any atom is 0.0864 e. The molecular weight excluding hydrogens is 114 g/mol. The number of hydrogen-bond acceptors (Lipinski definition) is 1. The van der Waals surface area contributed by atoms with Gasteiger partial charge in [0, 0.05) is 18.3 Å². The lowest BCUT2D eigenvalue weighted by Crippen LogP contribution is -1.91. The Hall–Kier alpha value is -0.760. The second kappa shape index (κ2) is 1.88. The summed E-state index contributed by atoms with van der Waals surface area (Å²) in [7, 11) is 0. The van der Waals surface area contributed by atoms with Gasteiger partial charge in [0.25, 0.3) is 0 Å². The summed E-state index contributed by atoms with van der Waals surface area (Å²) < 4.78 is 5.06. The molecule has 1 aliphatic heterocycles. The van der Waals surface area contributed by atoms with Gasteiger partial charge in [0.1, 0.15) is 0 Å². The molecule has 1 N–H and O–H groups in total. The van der Waals surface area contributed by atoms with Crippen molar-refractivity contribution in [2.24, 2.45) is 0 Å². The van der Waals surface area contributed by atoms with Gasteiger partial charge in [-0.05, 0) is 12.1 Å². The van der Waals surface area contributed by atoms with Gasteiger partial charge in [-0.1, -0.05) is 0 Å². The minimum atomic E-state index is 0.503. The average Bonchev–Trinajstić information content (AvgIpc) is 2.46. The Labute approximate surface area is 53.8 Å². The molecule has 0 saturated carbocycles. The van der Waals surface area contributed by atoms with Crippen molar-refractivity contribution in [1.29, 1.82) is 0 Å². The van der Waals surface area contributed by atoms with Gasteiger partial charge < -0.3 is 9.72 Å². The molecule has 48 valence electrons. The van der Waals surface area contributed by atoms with E-state index < -0.39 is 0 Å². The summed E-state index contributed by atoms with van der Waals surface area (Å²) in [6.07, 6.45) is 3.49. The van der Waals surface area contributed by atoms with Crippen molar-refractivity contribution in [3.8, 4) is 0 Å². The fourth-order valence-corrected chi connectivity index (χ4v) is 0.926. The number of aromatic nitrogens is 1. The lowest BCUT2D eigenvalue weighted by atomic mass is 10.2. The summed E-state index contributed by atoms with van der Waals surface area (Å²) in [5.74, 6) is 0. The number of nitrogens with one attached hydrogen (secondary N) is 1. The van der Waals surface area contributed by atoms with Crippen molar-refractivity contribution in [2.45, 2.75) is 12.5 Å². The van der Waals surface area contributed by atoms with E-state index in [2.05, 4.69) is 11.1 Å². The van der Waals surface area contributed by atoms with Crippen molar-refractivity contribution in [2.75, 3.05) is 6.61 Å². The van der Waals surface area contributed by atoms with Crippen LogP contribution in [0.3, 0.4) is 0 Å². The molecule has 2 rings (SSSR count). The van der Waals surface area contributed by atoms with Crippen LogP contribution in [0.15, 0.2) is 18.3 Å². The van der Waals surface area contributed by atoms with Crippen molar-refractivity contribution in [3.63, 3.8) is 0 Å². The summed E-state index contributed by atoms with van der Waals surface area (Å²) >= 11 is 0. The summed E-state index contributed by atoms with van der Waals surface area (Å²) in [6.45, 7) is 0.943. The highest BCUT2D eigenvalue weighted by atomic mass is 16.6. The molecule has 0 aromatic carbocycles. The van der Waals surface area contributed by atoms with E-state index in [0.29, 0.717) is 6.10 Å². The first-order valence-corrected chi connectivity index (χ1v) is 3.19. The van der Waals surface area contributed by atoms with Crippen molar-refractivity contribution in [3.05, 3.63) is 24.0 Å². The first-order valence-electron chi connectivity index (χ1n) is 3.19. The van der Waals surface area contributed by atoms with Gasteiger partial charge in [0.2, 0.25) is 0 Å². The van der Waals surface area contributed by atoms with Gasteiger partial charge in [-0.3, -0.25) is 0 Å². The van der Waals surface area contributed by atoms with E-state index >= 15 is 0 Å². The number of rotatable bonds is 2. The Morgan fingerprint density at radius 1 is 1.78 bits per heavy atom. The lowest BCUT2D eigenvalue weighted by Gasteiger charge is -1.87. The topological polar surface area (TPSA) is 28.3 Å². The smallest absolute Gasteiger partial charge is 0.0864 e. The van der Waals surface area contributed by atoms with Crippen LogP contribution in [0.1, 0.15) is 5.69 Å². The zero-order valence-electron chi connectivity index (χ0n) is 5.13. The van der Waals surface area contributed by atoms with E-state index in [4.69, 9.17) is 4.74 Å². The van der Waals surface area contributed by atoms with Gasteiger partial charge in [0.05, 0.1) is 12.7 Å². The predicted molar refractivity (Wildman–Crippen MR) is 34.2 cm³/mol. The Morgan fingerprint density at radius 2 is 2.67 bits per heavy atom. The van der Waals surface area contributed by atoms with Gasteiger partial charge in [0.15, 0.2) is 0 Å². The molecule has 1 fully saturated rings.